The molecule has 3 N–H and O–H groups in total. The predicted molar refractivity (Wildman–Crippen MR) is 83.5 cm³/mol. The van der Waals surface area contributed by atoms with E-state index in [1.165, 1.54) is 12.1 Å². The van der Waals surface area contributed by atoms with Crippen LogP contribution in [0, 0.1) is 6.92 Å². The highest BCUT2D eigenvalue weighted by molar-refractivity contribution is 5.94. The minimum atomic E-state index is -0.164. The number of rotatable bonds is 5. The molecule has 0 aliphatic heterocycles. The van der Waals surface area contributed by atoms with Crippen LogP contribution in [0.25, 0.3) is 0 Å². The smallest absolute Gasteiger partial charge is 0.251 e. The molecule has 2 aromatic rings. The van der Waals surface area contributed by atoms with E-state index in [1.54, 1.807) is 31.4 Å². The van der Waals surface area contributed by atoms with E-state index in [0.29, 0.717) is 24.3 Å². The highest BCUT2D eigenvalue weighted by Crippen LogP contribution is 2.28. The summed E-state index contributed by atoms with van der Waals surface area (Å²) in [6, 6.07) is 9.89. The average Bonchev–Trinajstić information content (AvgIpc) is 2.52. The van der Waals surface area contributed by atoms with Gasteiger partial charge in [0.05, 0.1) is 7.11 Å². The van der Waals surface area contributed by atoms with Crippen molar-refractivity contribution in [3.63, 3.8) is 0 Å². The molecule has 1 amide bonds. The van der Waals surface area contributed by atoms with Crippen LogP contribution in [0.4, 0.5) is 0 Å². The Bertz CT molecular complexity index is 665. The van der Waals surface area contributed by atoms with Crippen LogP contribution < -0.4 is 10.1 Å². The maximum Gasteiger partial charge on any atom is 0.251 e. The molecular formula is C17H19NO4. The third-order valence-corrected chi connectivity index (χ3v) is 3.47. The first-order valence-electron chi connectivity index (χ1n) is 6.95. The molecule has 0 fully saturated rings. The number of methoxy groups -OCH3 is 1. The van der Waals surface area contributed by atoms with Gasteiger partial charge in [-0.25, -0.2) is 0 Å². The second kappa shape index (κ2) is 6.85. The van der Waals surface area contributed by atoms with Gasteiger partial charge in [0.2, 0.25) is 0 Å². The number of phenolic OH excluding ortho intramolecular Hbond substituents is 2. The van der Waals surface area contributed by atoms with E-state index in [9.17, 15) is 15.0 Å². The Morgan fingerprint density at radius 1 is 1.14 bits per heavy atom. The van der Waals surface area contributed by atoms with Gasteiger partial charge < -0.3 is 20.3 Å². The van der Waals surface area contributed by atoms with E-state index in [2.05, 4.69) is 5.32 Å². The first kappa shape index (κ1) is 15.7. The van der Waals surface area contributed by atoms with E-state index < -0.39 is 0 Å². The lowest BCUT2D eigenvalue weighted by atomic mass is 10.0. The van der Waals surface area contributed by atoms with Crippen LogP contribution >= 0.6 is 0 Å². The van der Waals surface area contributed by atoms with E-state index in [0.717, 1.165) is 11.1 Å². The van der Waals surface area contributed by atoms with Gasteiger partial charge in [0.25, 0.3) is 5.91 Å². The largest absolute Gasteiger partial charge is 0.504 e. The van der Waals surface area contributed by atoms with Crippen LogP contribution in [0.5, 0.6) is 17.2 Å². The molecule has 0 radical (unpaired) electrons. The maximum absolute atomic E-state index is 12.0. The standard InChI is InChI=1S/C17H19NO4/c1-11-9-15(19)16(20)10-13(11)7-8-18-17(21)12-3-5-14(22-2)6-4-12/h3-6,9-10,19-20H,7-8H2,1-2H3,(H,18,21). The van der Waals surface area contributed by atoms with Gasteiger partial charge >= 0.3 is 0 Å². The fraction of sp³-hybridized carbons (Fsp3) is 0.235. The molecule has 2 rings (SSSR count). The van der Waals surface area contributed by atoms with Crippen molar-refractivity contribution >= 4 is 5.91 Å². The van der Waals surface area contributed by atoms with Gasteiger partial charge in [0.15, 0.2) is 11.5 Å². The van der Waals surface area contributed by atoms with Crippen molar-refractivity contribution in [2.24, 2.45) is 0 Å². The molecule has 0 aromatic heterocycles. The van der Waals surface area contributed by atoms with Gasteiger partial charge in [0, 0.05) is 12.1 Å². The monoisotopic (exact) mass is 301 g/mol. The van der Waals surface area contributed by atoms with Gasteiger partial charge in [-0.15, -0.1) is 0 Å². The lowest BCUT2D eigenvalue weighted by Gasteiger charge is -2.09. The molecule has 0 aliphatic carbocycles. The molecule has 0 saturated heterocycles. The molecule has 0 unspecified atom stereocenters. The summed E-state index contributed by atoms with van der Waals surface area (Å²) >= 11 is 0. The highest BCUT2D eigenvalue weighted by atomic mass is 16.5. The van der Waals surface area contributed by atoms with Gasteiger partial charge in [-0.05, 0) is 60.9 Å². The van der Waals surface area contributed by atoms with Crippen molar-refractivity contribution in [2.45, 2.75) is 13.3 Å². The molecule has 0 atom stereocenters. The SMILES string of the molecule is COc1ccc(C(=O)NCCc2cc(O)c(O)cc2C)cc1. The minimum absolute atomic E-state index is 0.136. The van der Waals surface area contributed by atoms with Gasteiger partial charge in [0.1, 0.15) is 5.75 Å². The highest BCUT2D eigenvalue weighted by Gasteiger charge is 2.08. The number of hydrogen-bond donors (Lipinski definition) is 3. The Balaban J connectivity index is 1.93. The normalized spacial score (nSPS) is 10.3. The third kappa shape index (κ3) is 3.69. The zero-order valence-electron chi connectivity index (χ0n) is 12.6. The van der Waals surface area contributed by atoms with Gasteiger partial charge in [-0.3, -0.25) is 4.79 Å². The molecule has 5 nitrogen and oxygen atoms in total. The number of nitrogens with one attached hydrogen (secondary N) is 1. The lowest BCUT2D eigenvalue weighted by Crippen LogP contribution is -2.25. The fourth-order valence-electron chi connectivity index (χ4n) is 2.15. The Morgan fingerprint density at radius 2 is 1.77 bits per heavy atom. The van der Waals surface area contributed by atoms with E-state index in [-0.39, 0.29) is 17.4 Å². The Morgan fingerprint density at radius 3 is 2.41 bits per heavy atom. The maximum atomic E-state index is 12.0. The van der Waals surface area contributed by atoms with Gasteiger partial charge in [-0.1, -0.05) is 0 Å². The molecule has 0 saturated carbocycles. The average molecular weight is 301 g/mol. The molecule has 0 bridgehead atoms. The number of carbonyl (C=O) groups excluding carboxylic acids is 1. The summed E-state index contributed by atoms with van der Waals surface area (Å²) in [5.41, 5.74) is 2.31. The van der Waals surface area contributed by atoms with Crippen molar-refractivity contribution in [2.75, 3.05) is 13.7 Å². The van der Waals surface area contributed by atoms with Crippen LogP contribution in [0.1, 0.15) is 21.5 Å². The minimum Gasteiger partial charge on any atom is -0.504 e. The van der Waals surface area contributed by atoms with E-state index in [4.69, 9.17) is 4.74 Å². The van der Waals surface area contributed by atoms with Crippen LogP contribution in [-0.2, 0) is 6.42 Å². The summed E-state index contributed by atoms with van der Waals surface area (Å²) in [6.07, 6.45) is 0.571. The molecule has 0 aliphatic rings. The number of amides is 1. The number of carbonyl (C=O) groups is 1. The van der Waals surface area contributed by atoms with Crippen molar-refractivity contribution in [1.29, 1.82) is 0 Å². The number of ether oxygens (including phenoxy) is 1. The first-order valence-corrected chi connectivity index (χ1v) is 6.95. The Hall–Kier alpha value is -2.69. The Kier molecular flexibility index (Phi) is 4.88. The van der Waals surface area contributed by atoms with Crippen LogP contribution in [0.3, 0.4) is 0 Å². The van der Waals surface area contributed by atoms with E-state index in [1.807, 2.05) is 6.92 Å². The molecule has 22 heavy (non-hydrogen) atoms. The zero-order valence-corrected chi connectivity index (χ0v) is 12.6. The predicted octanol–water partition coefficient (Wildman–Crippen LogP) is 2.39. The quantitative estimate of drug-likeness (QED) is 0.741. The van der Waals surface area contributed by atoms with E-state index >= 15 is 0 Å². The summed E-state index contributed by atoms with van der Waals surface area (Å²) in [6.45, 7) is 2.29. The molecule has 0 spiro atoms. The Labute approximate surface area is 129 Å². The van der Waals surface area contributed by atoms with Crippen LogP contribution in [-0.4, -0.2) is 29.8 Å². The summed E-state index contributed by atoms with van der Waals surface area (Å²) < 4.78 is 5.05. The summed E-state index contributed by atoms with van der Waals surface area (Å²) in [4.78, 5) is 12.0. The second-order valence-electron chi connectivity index (χ2n) is 5.00. The first-order chi connectivity index (χ1) is 10.5. The fourth-order valence-corrected chi connectivity index (χ4v) is 2.15. The van der Waals surface area contributed by atoms with Crippen molar-refractivity contribution in [1.82, 2.24) is 5.32 Å². The topological polar surface area (TPSA) is 78.8 Å². The third-order valence-electron chi connectivity index (χ3n) is 3.47. The summed E-state index contributed by atoms with van der Waals surface area (Å²) in [5, 5.41) is 21.7. The molecule has 0 heterocycles. The summed E-state index contributed by atoms with van der Waals surface area (Å²) in [7, 11) is 1.57. The number of hydrogen-bond acceptors (Lipinski definition) is 4. The van der Waals surface area contributed by atoms with Crippen LogP contribution in [0.15, 0.2) is 36.4 Å². The zero-order chi connectivity index (χ0) is 16.1. The number of aryl methyl sites for hydroxylation is 1. The molecule has 5 heteroatoms. The molecule has 116 valence electrons. The second-order valence-corrected chi connectivity index (χ2v) is 5.00. The number of benzene rings is 2. The van der Waals surface area contributed by atoms with Gasteiger partial charge in [-0.2, -0.15) is 0 Å². The summed E-state index contributed by atoms with van der Waals surface area (Å²) in [5.74, 6) is 0.251. The molecule has 2 aromatic carbocycles. The van der Waals surface area contributed by atoms with Crippen molar-refractivity contribution < 1.29 is 19.7 Å². The number of phenols is 2. The number of aromatic hydroxyl groups is 2. The lowest BCUT2D eigenvalue weighted by molar-refractivity contribution is 0.0954. The molecular weight excluding hydrogens is 282 g/mol. The van der Waals surface area contributed by atoms with Crippen molar-refractivity contribution in [3.8, 4) is 17.2 Å². The van der Waals surface area contributed by atoms with Crippen LogP contribution in [0.2, 0.25) is 0 Å². The van der Waals surface area contributed by atoms with Crippen molar-refractivity contribution in [3.05, 3.63) is 53.1 Å².